The van der Waals surface area contributed by atoms with Crippen LogP contribution in [0, 0.1) is 27.7 Å². The first-order valence-corrected chi connectivity index (χ1v) is 44.5. The van der Waals surface area contributed by atoms with Crippen molar-refractivity contribution in [2.24, 2.45) is 20.0 Å². The average molecular weight is 1770 g/mol. The van der Waals surface area contributed by atoms with E-state index in [0.717, 1.165) is 146 Å². The average Bonchev–Trinajstić information content (AvgIpc) is 1.61. The third-order valence-electron chi connectivity index (χ3n) is 24.2. The first-order valence-electron chi connectivity index (χ1n) is 44.5. The molecule has 0 atom stereocenters. The van der Waals surface area contributed by atoms with Gasteiger partial charge in [-0.15, -0.1) is 0 Å². The van der Waals surface area contributed by atoms with Crippen LogP contribution in [-0.2, 0) is 18.9 Å². The summed E-state index contributed by atoms with van der Waals surface area (Å²) in [6.07, 6.45) is 41.8. The molecule has 0 spiro atoms. The number of benzene rings is 7. The minimum absolute atomic E-state index is 0.0516. The largest absolute Gasteiger partial charge is 0.620 e. The Morgan fingerprint density at radius 3 is 1.17 bits per heavy atom. The third-order valence-corrected chi connectivity index (χ3v) is 24.2. The number of rotatable bonds is 26. The number of aromatic nitrogens is 2. The van der Waals surface area contributed by atoms with E-state index in [1.807, 2.05) is 72.5 Å². The van der Waals surface area contributed by atoms with Crippen LogP contribution in [0.3, 0.4) is 0 Å². The van der Waals surface area contributed by atoms with Gasteiger partial charge in [0.2, 0.25) is 40.1 Å². The molecule has 10 aliphatic heterocycles. The van der Waals surface area contributed by atoms with Gasteiger partial charge < -0.3 is 72.9 Å². The number of fused-ring (bicyclic) bond motifs is 10. The van der Waals surface area contributed by atoms with Crippen LogP contribution in [0.15, 0.2) is 368 Å². The van der Waals surface area contributed by atoms with E-state index in [0.29, 0.717) is 82.9 Å². The van der Waals surface area contributed by atoms with E-state index in [9.17, 15) is 5.11 Å². The highest BCUT2D eigenvalue weighted by Gasteiger charge is 2.37. The number of hydrogen-bond donors (Lipinski definition) is 6. The van der Waals surface area contributed by atoms with Crippen molar-refractivity contribution >= 4 is 90.9 Å². The number of aliphatic hydroxyl groups excluding tert-OH is 1. The Morgan fingerprint density at radius 2 is 0.731 bits per heavy atom. The zero-order valence-corrected chi connectivity index (χ0v) is 76.1. The van der Waals surface area contributed by atoms with Gasteiger partial charge in [0, 0.05) is 135 Å². The topological polar surface area (TPSA) is 255 Å². The van der Waals surface area contributed by atoms with Gasteiger partial charge in [-0.1, -0.05) is 137 Å². The van der Waals surface area contributed by atoms with E-state index in [1.165, 1.54) is 14.2 Å². The molecule has 2 aromatic heterocycles. The molecule has 0 fully saturated rings. The van der Waals surface area contributed by atoms with Gasteiger partial charge in [0.05, 0.1) is 128 Å². The number of aromatic amines is 2. The second kappa shape index (κ2) is 38.6. The van der Waals surface area contributed by atoms with E-state index in [4.69, 9.17) is 63.2 Å². The third kappa shape index (κ3) is 18.2. The molecule has 666 valence electrons. The van der Waals surface area contributed by atoms with E-state index in [2.05, 4.69) is 272 Å². The number of carbonyl (C=O) groups is 1. The van der Waals surface area contributed by atoms with Gasteiger partial charge in [-0.2, -0.15) is 0 Å². The smallest absolute Gasteiger partial charge is 0.222 e. The maximum absolute atomic E-state index is 16.1. The second-order valence-corrected chi connectivity index (χ2v) is 33.4. The molecule has 10 aliphatic rings. The molecule has 1 amide bonds. The Balaban J connectivity index is 0.742. The lowest BCUT2D eigenvalue weighted by atomic mass is 9.97. The molecule has 6 N–H and O–H groups in total. The molecule has 9 aromatic rings. The number of ether oxygens (including phenoxy) is 8. The van der Waals surface area contributed by atoms with Gasteiger partial charge in [-0.05, 0) is 188 Å². The molecule has 0 saturated carbocycles. The molecule has 0 unspecified atom stereocenters. The number of amides is 1. The van der Waals surface area contributed by atoms with Crippen LogP contribution in [0.5, 0.6) is 23.0 Å². The van der Waals surface area contributed by atoms with Crippen LogP contribution in [0.2, 0.25) is 0 Å². The van der Waals surface area contributed by atoms with Crippen molar-refractivity contribution in [2.75, 3.05) is 95.4 Å². The lowest BCUT2D eigenvalue weighted by molar-refractivity contribution is -0.388. The second-order valence-electron chi connectivity index (χ2n) is 33.4. The van der Waals surface area contributed by atoms with Crippen molar-refractivity contribution in [1.82, 2.24) is 19.8 Å². The van der Waals surface area contributed by atoms with Crippen molar-refractivity contribution in [1.29, 1.82) is 0 Å². The van der Waals surface area contributed by atoms with Crippen molar-refractivity contribution < 1.29 is 62.8 Å². The molecule has 0 aliphatic carbocycles. The molecule has 0 saturated heterocycles. The van der Waals surface area contributed by atoms with E-state index >= 15 is 4.79 Å². The van der Waals surface area contributed by atoms with Crippen LogP contribution in [-0.4, -0.2) is 166 Å². The Hall–Kier alpha value is -16.0. The quantitative estimate of drug-likeness (QED) is 0.0168. The lowest BCUT2D eigenvalue weighted by Gasteiger charge is -2.26. The summed E-state index contributed by atoms with van der Waals surface area (Å²) in [5.41, 5.74) is 31.3. The summed E-state index contributed by atoms with van der Waals surface area (Å²) in [4.78, 5) is 61.4. The van der Waals surface area contributed by atoms with Crippen LogP contribution >= 0.6 is 0 Å². The van der Waals surface area contributed by atoms with Gasteiger partial charge in [0.25, 0.3) is 0 Å². The van der Waals surface area contributed by atoms with Crippen molar-refractivity contribution in [3.63, 3.8) is 0 Å². The molecule has 12 heterocycles. The van der Waals surface area contributed by atoms with Gasteiger partial charge in [-0.25, -0.2) is 34.9 Å². The summed E-state index contributed by atoms with van der Waals surface area (Å²) in [5.74, 6) is -0.337. The van der Waals surface area contributed by atoms with Crippen LogP contribution in [0.25, 0.3) is 38.8 Å². The molecule has 19 rings (SSSR count). The molecule has 7 aromatic carbocycles. The van der Waals surface area contributed by atoms with Gasteiger partial charge in [-0.3, -0.25) is 0 Å². The van der Waals surface area contributed by atoms with Crippen LogP contribution in [0.4, 0.5) is 11.4 Å². The number of carbonyl (C=O) groups excluding carboxylic acids is 1. The zero-order valence-electron chi connectivity index (χ0n) is 76.1. The highest BCUT2D eigenvalue weighted by molar-refractivity contribution is 6.36. The van der Waals surface area contributed by atoms with Crippen LogP contribution < -0.4 is 33.9 Å². The minimum atomic E-state index is -0.706. The SMILES string of the molecule is COCCOCCOc1ccc(C2=C3C=CC(=N3)C(c3ccc(C)cc3)=C3C=CC(=[NH+]3)C(=C3C=CN(C)C=C3)C3=[NH+]C(=C(c4ccc(C)cc4)c4ccc2[nH]4)C=C3)cc1C(=O)[N-]c1cc(N=C(O)c2cc(C3=C4C=CC(=N4)C(c4ccc(C)cc4)=C4C=CC(=[NH+]4)C(=C4C=CN(C)C=C4)C4=NC(=C(c5ccc(C)cc5)c5ccc3[nH]5)C=C4)ccc2OCCOCCOC)c(OC)cc1OC. The fourth-order valence-corrected chi connectivity index (χ4v) is 17.4. The molecular weight excluding hydrogens is 1670 g/mol. The normalized spacial score (nSPS) is 16.4. The lowest BCUT2D eigenvalue weighted by Crippen LogP contribution is -2.73. The number of nitrogens with zero attached hydrogens (tertiary/aromatic N) is 7. The predicted octanol–water partition coefficient (Wildman–Crippen LogP) is 15.9. The maximum Gasteiger partial charge on any atom is 0.222 e. The van der Waals surface area contributed by atoms with E-state index < -0.39 is 11.8 Å². The summed E-state index contributed by atoms with van der Waals surface area (Å²) in [7, 11) is 10.2. The molecule has 16 bridgehead atoms. The van der Waals surface area contributed by atoms with Crippen molar-refractivity contribution in [3.8, 4) is 23.0 Å². The summed E-state index contributed by atoms with van der Waals surface area (Å²) >= 11 is 0. The monoisotopic (exact) mass is 1770 g/mol. The number of hydrogen-bond acceptors (Lipinski definition) is 15. The summed E-state index contributed by atoms with van der Waals surface area (Å²) in [6.45, 7) is 10.3. The fraction of sp³-hybridized carbons (Fsp3) is 0.161. The Bertz CT molecular complexity index is 7140. The summed E-state index contributed by atoms with van der Waals surface area (Å²) in [5, 5.41) is 18.1. The standard InChI is InChI=1S/C112H98N12O10/c1-67-11-19-71(20-12-67)103-81-29-33-89(113-81)107(75-47-51-123(5)52-48-75)90-34-30-82(114-90)104(72-21-13-68(2)14-22-72)86-38-42-94(118-86)109(93-41-37-85(103)117-93)77-27-45-99(133-61-59-131-57-55-127-7)79(63-77)111(125)121-97-65-98(102(130-10)66-101(97)129-9)122-112(126)80-64-78(28-46-100(80)134-62-60-132-58-56-128-8)110-95-43-39-87(119-95)105(73-23-15-69(3)16-24-73)83-31-35-91(115-83)108(76-49-53-124(6)54-50-76)92-36-32-84(116-92)106(88-40-44-96(110)120-88)74-25-17-70(4)18-26-74/h11-54,63-66H,55-62H2,1-10H3,(H4,113,114,115,116,117,118,119,120,121,122,125,126)/p+2. The number of nitrogens with one attached hydrogen (secondary N) is 5. The van der Waals surface area contributed by atoms with Crippen LogP contribution in [0.1, 0.15) is 94.3 Å². The summed E-state index contributed by atoms with van der Waals surface area (Å²) < 4.78 is 47.9. The minimum Gasteiger partial charge on any atom is -0.620 e. The molecule has 134 heavy (non-hydrogen) atoms. The summed E-state index contributed by atoms with van der Waals surface area (Å²) in [6, 6.07) is 56.4. The first-order chi connectivity index (χ1) is 65.5. The van der Waals surface area contributed by atoms with Gasteiger partial charge >= 0.3 is 0 Å². The first kappa shape index (κ1) is 87.4. The molecule has 22 heteroatoms. The van der Waals surface area contributed by atoms with E-state index in [1.54, 1.807) is 38.5 Å². The number of aliphatic hydroxyl groups is 1. The van der Waals surface area contributed by atoms with Crippen molar-refractivity contribution in [3.05, 3.63) is 443 Å². The number of aliphatic imine (C=N–C) groups is 4. The number of H-pyrrole nitrogens is 2. The van der Waals surface area contributed by atoms with Gasteiger partial charge in [0.15, 0.2) is 0 Å². The zero-order chi connectivity index (χ0) is 92.0. The predicted molar refractivity (Wildman–Crippen MR) is 530 cm³/mol. The highest BCUT2D eigenvalue weighted by atomic mass is 16.5. The van der Waals surface area contributed by atoms with E-state index in [-0.39, 0.29) is 71.9 Å². The van der Waals surface area contributed by atoms with Crippen molar-refractivity contribution in [2.45, 2.75) is 27.7 Å². The highest BCUT2D eigenvalue weighted by Crippen LogP contribution is 2.46. The number of aryl methyl sites for hydroxylation is 4. The Morgan fingerprint density at radius 1 is 0.366 bits per heavy atom. The molecule has 22 nitrogen and oxygen atoms in total. The fourth-order valence-electron chi connectivity index (χ4n) is 17.4. The maximum atomic E-state index is 16.1. The molecule has 0 radical (unpaired) electrons. The number of methoxy groups -OCH3 is 4. The molecular formula is C112H100N12O10+2. The number of allylic oxidation sites excluding steroid dienone is 22. The Kier molecular flexibility index (Phi) is 25.2. The Labute approximate surface area is 778 Å². The van der Waals surface area contributed by atoms with Gasteiger partial charge in [0.1, 0.15) is 47.5 Å².